The predicted molar refractivity (Wildman–Crippen MR) is 68.6 cm³/mol. The smallest absolute Gasteiger partial charge is 0.337 e. The number of rotatable bonds is 6. The van der Waals surface area contributed by atoms with Crippen LogP contribution in [-0.2, 0) is 23.1 Å². The number of cyclic esters (lactones) is 1. The monoisotopic (exact) mass is 278 g/mol. The van der Waals surface area contributed by atoms with Crippen LogP contribution in [0.15, 0.2) is 0 Å². The molecule has 6 heteroatoms. The van der Waals surface area contributed by atoms with Gasteiger partial charge >= 0.3 is 13.6 Å². The number of ether oxygens (including phenoxy) is 1. The molecule has 0 saturated carbocycles. The molecule has 0 aromatic carbocycles. The van der Waals surface area contributed by atoms with Crippen LogP contribution in [0.2, 0.25) is 0 Å². The molecule has 0 aromatic heterocycles. The molecule has 2 atom stereocenters. The molecule has 1 rings (SSSR count). The van der Waals surface area contributed by atoms with Crippen molar-refractivity contribution in [3.8, 4) is 0 Å². The highest BCUT2D eigenvalue weighted by atomic mass is 31.2. The van der Waals surface area contributed by atoms with Gasteiger partial charge in [0, 0.05) is 6.42 Å². The number of hydrogen-bond donors (Lipinski definition) is 0. The van der Waals surface area contributed by atoms with E-state index in [0.717, 1.165) is 0 Å². The molecule has 1 aliphatic rings. The zero-order chi connectivity index (χ0) is 13.8. The van der Waals surface area contributed by atoms with Crippen LogP contribution >= 0.6 is 7.60 Å². The van der Waals surface area contributed by atoms with Gasteiger partial charge in [0.15, 0.2) is 0 Å². The molecule has 1 heterocycles. The summed E-state index contributed by atoms with van der Waals surface area (Å²) in [6, 6.07) is 0. The quantitative estimate of drug-likeness (QED) is 0.552. The Kier molecular flexibility index (Phi) is 5.83. The summed E-state index contributed by atoms with van der Waals surface area (Å²) in [6.45, 7) is 8.10. The Morgan fingerprint density at radius 1 is 1.33 bits per heavy atom. The van der Waals surface area contributed by atoms with Crippen molar-refractivity contribution in [1.82, 2.24) is 0 Å². The zero-order valence-corrected chi connectivity index (χ0v) is 12.4. The highest BCUT2D eigenvalue weighted by Crippen LogP contribution is 2.57. The summed E-state index contributed by atoms with van der Waals surface area (Å²) in [5, 5.41) is 0. The SMILES string of the molecule is CCOP(=O)(OCC)[C@@H]1CCC(=O)O[C@H]1C(C)C. The van der Waals surface area contributed by atoms with E-state index in [-0.39, 0.29) is 24.0 Å². The van der Waals surface area contributed by atoms with Crippen molar-refractivity contribution in [3.63, 3.8) is 0 Å². The van der Waals surface area contributed by atoms with Crippen molar-refractivity contribution in [2.24, 2.45) is 5.92 Å². The van der Waals surface area contributed by atoms with Crippen molar-refractivity contribution in [2.45, 2.75) is 52.3 Å². The molecule has 106 valence electrons. The van der Waals surface area contributed by atoms with E-state index in [4.69, 9.17) is 13.8 Å². The third-order valence-corrected chi connectivity index (χ3v) is 5.57. The Hall–Kier alpha value is -0.380. The van der Waals surface area contributed by atoms with Crippen molar-refractivity contribution < 1.29 is 23.1 Å². The van der Waals surface area contributed by atoms with Gasteiger partial charge in [-0.3, -0.25) is 9.36 Å². The minimum Gasteiger partial charge on any atom is -0.461 e. The summed E-state index contributed by atoms with van der Waals surface area (Å²) < 4.78 is 28.8. The average molecular weight is 278 g/mol. The van der Waals surface area contributed by atoms with Gasteiger partial charge in [0.25, 0.3) is 0 Å². The van der Waals surface area contributed by atoms with E-state index in [1.807, 2.05) is 13.8 Å². The molecule has 1 aliphatic heterocycles. The van der Waals surface area contributed by atoms with Crippen LogP contribution in [-0.4, -0.2) is 30.9 Å². The summed E-state index contributed by atoms with van der Waals surface area (Å²) in [5.74, 6) is -0.141. The van der Waals surface area contributed by atoms with Gasteiger partial charge in [-0.05, 0) is 26.2 Å². The Balaban J connectivity index is 2.93. The number of carbonyl (C=O) groups excluding carboxylic acids is 1. The lowest BCUT2D eigenvalue weighted by Gasteiger charge is -2.37. The van der Waals surface area contributed by atoms with Gasteiger partial charge in [-0.25, -0.2) is 0 Å². The minimum absolute atomic E-state index is 0.0912. The van der Waals surface area contributed by atoms with Crippen LogP contribution in [0.4, 0.5) is 0 Å². The second-order valence-corrected chi connectivity index (χ2v) is 6.94. The second kappa shape index (κ2) is 6.69. The highest BCUT2D eigenvalue weighted by molar-refractivity contribution is 7.54. The van der Waals surface area contributed by atoms with Crippen LogP contribution in [0.3, 0.4) is 0 Å². The maximum Gasteiger partial charge on any atom is 0.337 e. The third-order valence-electron chi connectivity index (χ3n) is 2.97. The van der Waals surface area contributed by atoms with Gasteiger partial charge in [0.1, 0.15) is 6.10 Å². The first-order valence-electron chi connectivity index (χ1n) is 6.52. The maximum atomic E-state index is 12.8. The molecule has 0 spiro atoms. The Bertz CT molecular complexity index is 318. The fourth-order valence-electron chi connectivity index (χ4n) is 2.23. The fraction of sp³-hybridized carbons (Fsp3) is 0.917. The van der Waals surface area contributed by atoms with Crippen LogP contribution in [0, 0.1) is 5.92 Å². The molecule has 0 bridgehead atoms. The lowest BCUT2D eigenvalue weighted by molar-refractivity contribution is -0.156. The molecule has 0 radical (unpaired) electrons. The largest absolute Gasteiger partial charge is 0.461 e. The summed E-state index contributed by atoms with van der Waals surface area (Å²) in [4.78, 5) is 11.4. The molecular weight excluding hydrogens is 255 g/mol. The molecule has 5 nitrogen and oxygen atoms in total. The second-order valence-electron chi connectivity index (χ2n) is 4.68. The van der Waals surface area contributed by atoms with Crippen molar-refractivity contribution in [2.75, 3.05) is 13.2 Å². The molecule has 1 fully saturated rings. The molecule has 0 amide bonds. The van der Waals surface area contributed by atoms with Crippen LogP contribution in [0.25, 0.3) is 0 Å². The fourth-order valence-corrected chi connectivity index (χ4v) is 4.61. The first-order valence-corrected chi connectivity index (χ1v) is 8.14. The van der Waals surface area contributed by atoms with E-state index in [9.17, 15) is 9.36 Å². The standard InChI is InChI=1S/C12H23O5P/c1-5-15-18(14,16-6-2)10-7-8-11(13)17-12(10)9(3)4/h9-10,12H,5-8H2,1-4H3/t10-,12+/m1/s1. The normalized spacial score (nSPS) is 25.3. The molecule has 1 saturated heterocycles. The summed E-state index contributed by atoms with van der Waals surface area (Å²) >= 11 is 0. The topological polar surface area (TPSA) is 61.8 Å². The van der Waals surface area contributed by atoms with E-state index >= 15 is 0 Å². The van der Waals surface area contributed by atoms with E-state index in [2.05, 4.69) is 0 Å². The number of carbonyl (C=O) groups is 1. The summed E-state index contributed by atoms with van der Waals surface area (Å²) in [5.41, 5.74) is -0.352. The van der Waals surface area contributed by atoms with E-state index in [1.165, 1.54) is 0 Å². The van der Waals surface area contributed by atoms with Crippen molar-refractivity contribution >= 4 is 13.6 Å². The van der Waals surface area contributed by atoms with Gasteiger partial charge in [0.2, 0.25) is 0 Å². The molecule has 18 heavy (non-hydrogen) atoms. The number of hydrogen-bond acceptors (Lipinski definition) is 5. The van der Waals surface area contributed by atoms with E-state index in [0.29, 0.717) is 19.6 Å². The first kappa shape index (κ1) is 15.7. The Labute approximate surface area is 109 Å². The summed E-state index contributed by atoms with van der Waals surface area (Å²) in [6.07, 6.45) is 0.381. The molecule has 0 aromatic rings. The van der Waals surface area contributed by atoms with Gasteiger partial charge < -0.3 is 13.8 Å². The third kappa shape index (κ3) is 3.56. The van der Waals surface area contributed by atoms with Crippen molar-refractivity contribution in [3.05, 3.63) is 0 Å². The number of esters is 1. The van der Waals surface area contributed by atoms with E-state index in [1.54, 1.807) is 13.8 Å². The highest BCUT2D eigenvalue weighted by Gasteiger charge is 2.46. The van der Waals surface area contributed by atoms with Gasteiger partial charge in [-0.1, -0.05) is 13.8 Å². The van der Waals surface area contributed by atoms with Crippen LogP contribution < -0.4 is 0 Å². The molecule has 0 aliphatic carbocycles. The van der Waals surface area contributed by atoms with Crippen molar-refractivity contribution in [1.29, 1.82) is 0 Å². The lowest BCUT2D eigenvalue weighted by Crippen LogP contribution is -2.40. The maximum absolute atomic E-state index is 12.8. The van der Waals surface area contributed by atoms with Gasteiger partial charge in [-0.15, -0.1) is 0 Å². The van der Waals surface area contributed by atoms with Crippen LogP contribution in [0.5, 0.6) is 0 Å². The predicted octanol–water partition coefficient (Wildman–Crippen LogP) is 2.98. The minimum atomic E-state index is -3.21. The van der Waals surface area contributed by atoms with Crippen LogP contribution in [0.1, 0.15) is 40.5 Å². The van der Waals surface area contributed by atoms with Gasteiger partial charge in [-0.2, -0.15) is 0 Å². The first-order chi connectivity index (χ1) is 8.44. The molecular formula is C12H23O5P. The Morgan fingerprint density at radius 3 is 2.33 bits per heavy atom. The zero-order valence-electron chi connectivity index (χ0n) is 11.5. The molecule has 0 N–H and O–H groups in total. The average Bonchev–Trinajstić information content (AvgIpc) is 2.29. The molecule has 0 unspecified atom stereocenters. The van der Waals surface area contributed by atoms with E-state index < -0.39 is 13.7 Å². The lowest BCUT2D eigenvalue weighted by atomic mass is 9.98. The Morgan fingerprint density at radius 2 is 1.89 bits per heavy atom. The van der Waals surface area contributed by atoms with Gasteiger partial charge in [0.05, 0.1) is 18.9 Å². The summed E-state index contributed by atoms with van der Waals surface area (Å²) in [7, 11) is -3.21.